The predicted octanol–water partition coefficient (Wildman–Crippen LogP) is 2.14. The second kappa shape index (κ2) is 8.04. The maximum absolute atomic E-state index is 13.0. The van der Waals surface area contributed by atoms with Crippen LogP contribution in [-0.2, 0) is 14.6 Å². The first-order chi connectivity index (χ1) is 12.8. The van der Waals surface area contributed by atoms with E-state index in [4.69, 9.17) is 9.47 Å². The van der Waals surface area contributed by atoms with Gasteiger partial charge in [-0.2, -0.15) is 0 Å². The lowest BCUT2D eigenvalue weighted by Crippen LogP contribution is -2.28. The van der Waals surface area contributed by atoms with Crippen molar-refractivity contribution < 1.29 is 27.6 Å². The molecule has 1 unspecified atom stereocenters. The molecule has 144 valence electrons. The molecule has 0 aliphatic rings. The summed E-state index contributed by atoms with van der Waals surface area (Å²) in [5, 5.41) is 12.0. The van der Waals surface area contributed by atoms with Crippen LogP contribution in [0.25, 0.3) is 0 Å². The number of carbonyl (C=O) groups excluding carboxylic acids is 1. The second-order valence-electron chi connectivity index (χ2n) is 5.56. The molecule has 0 aliphatic carbocycles. The van der Waals surface area contributed by atoms with Crippen LogP contribution in [0.5, 0.6) is 11.5 Å². The largest absolute Gasteiger partial charge is 0.493 e. The summed E-state index contributed by atoms with van der Waals surface area (Å²) in [5.74, 6) is -0.178. The number of ether oxygens (including phenoxy) is 2. The maximum atomic E-state index is 13.0. The van der Waals surface area contributed by atoms with E-state index in [2.05, 4.69) is 5.32 Å². The van der Waals surface area contributed by atoms with Crippen LogP contribution in [0.15, 0.2) is 41.3 Å². The first-order valence-corrected chi connectivity index (χ1v) is 9.21. The van der Waals surface area contributed by atoms with Crippen LogP contribution >= 0.6 is 0 Å². The molecule has 0 spiro atoms. The number of nitrogens with one attached hydrogen (secondary N) is 1. The van der Waals surface area contributed by atoms with Crippen molar-refractivity contribution in [3.05, 3.63) is 57.6 Å². The number of hydrogen-bond donors (Lipinski definition) is 1. The standard InChI is InChI=1S/C17H18N2O7S/c1-11-4-6-13(7-5-11)27(23,24)17(18-10-20)12-8-14(19(21)22)16(26-3)15(9-12)25-2/h4-10,17H,1-3H3,(H,18,20). The van der Waals surface area contributed by atoms with Crippen molar-refractivity contribution >= 4 is 21.9 Å². The number of carbonyl (C=O) groups is 1. The fourth-order valence-corrected chi connectivity index (χ4v) is 4.06. The number of amides is 1. The number of benzene rings is 2. The minimum absolute atomic E-state index is 0.0292. The zero-order valence-corrected chi connectivity index (χ0v) is 15.6. The zero-order chi connectivity index (χ0) is 20.2. The van der Waals surface area contributed by atoms with Crippen molar-refractivity contribution in [1.82, 2.24) is 5.32 Å². The molecule has 10 heteroatoms. The van der Waals surface area contributed by atoms with Crippen molar-refractivity contribution in [2.75, 3.05) is 14.2 Å². The Kier molecular flexibility index (Phi) is 6.01. The Balaban J connectivity index is 2.69. The Hall–Kier alpha value is -3.14. The molecule has 9 nitrogen and oxygen atoms in total. The number of nitrogens with zero attached hydrogens (tertiary/aromatic N) is 1. The molecule has 0 aromatic heterocycles. The molecule has 0 saturated carbocycles. The third-order valence-corrected chi connectivity index (χ3v) is 5.82. The quantitative estimate of drug-likeness (QED) is 0.413. The molecule has 0 radical (unpaired) electrons. The van der Waals surface area contributed by atoms with Crippen molar-refractivity contribution in [2.45, 2.75) is 17.2 Å². The van der Waals surface area contributed by atoms with E-state index in [1.165, 1.54) is 32.4 Å². The normalized spacial score (nSPS) is 12.1. The van der Waals surface area contributed by atoms with Crippen molar-refractivity contribution in [2.24, 2.45) is 0 Å². The maximum Gasteiger partial charge on any atom is 0.315 e. The molecular weight excluding hydrogens is 376 g/mol. The average molecular weight is 394 g/mol. The first-order valence-electron chi connectivity index (χ1n) is 7.66. The predicted molar refractivity (Wildman–Crippen MR) is 96.5 cm³/mol. The third-order valence-electron chi connectivity index (χ3n) is 3.86. The van der Waals surface area contributed by atoms with Crippen molar-refractivity contribution in [1.29, 1.82) is 0 Å². The Morgan fingerprint density at radius 2 is 1.78 bits per heavy atom. The minimum atomic E-state index is -4.08. The van der Waals surface area contributed by atoms with Gasteiger partial charge in [0, 0.05) is 11.6 Å². The lowest BCUT2D eigenvalue weighted by atomic mass is 10.1. The van der Waals surface area contributed by atoms with Gasteiger partial charge in [0.1, 0.15) is 0 Å². The fraction of sp³-hybridized carbons (Fsp3) is 0.235. The SMILES string of the molecule is COc1cc(C(NC=O)S(=O)(=O)c2ccc(C)cc2)cc([N+](=O)[O-])c1OC. The van der Waals surface area contributed by atoms with E-state index >= 15 is 0 Å². The van der Waals surface area contributed by atoms with Crippen LogP contribution in [0.4, 0.5) is 5.69 Å². The molecule has 2 rings (SSSR count). The molecule has 1 N–H and O–H groups in total. The van der Waals surface area contributed by atoms with Crippen LogP contribution in [0.2, 0.25) is 0 Å². The highest BCUT2D eigenvalue weighted by molar-refractivity contribution is 7.91. The molecule has 2 aromatic carbocycles. The van der Waals surface area contributed by atoms with Gasteiger partial charge in [-0.1, -0.05) is 17.7 Å². The summed E-state index contributed by atoms with van der Waals surface area (Å²) in [4.78, 5) is 21.7. The van der Waals surface area contributed by atoms with Gasteiger partial charge < -0.3 is 14.8 Å². The van der Waals surface area contributed by atoms with E-state index in [0.717, 1.165) is 11.6 Å². The van der Waals surface area contributed by atoms with Crippen molar-refractivity contribution in [3.8, 4) is 11.5 Å². The summed E-state index contributed by atoms with van der Waals surface area (Å²) in [6.45, 7) is 1.80. The van der Waals surface area contributed by atoms with Gasteiger partial charge in [-0.15, -0.1) is 0 Å². The molecule has 0 saturated heterocycles. The van der Waals surface area contributed by atoms with Crippen molar-refractivity contribution in [3.63, 3.8) is 0 Å². The summed E-state index contributed by atoms with van der Waals surface area (Å²) >= 11 is 0. The van der Waals surface area contributed by atoms with Crippen LogP contribution < -0.4 is 14.8 Å². The van der Waals surface area contributed by atoms with Gasteiger partial charge in [-0.25, -0.2) is 8.42 Å². The van der Waals surface area contributed by atoms with Crippen LogP contribution in [0.1, 0.15) is 16.5 Å². The van der Waals surface area contributed by atoms with E-state index < -0.39 is 25.8 Å². The first kappa shape index (κ1) is 20.2. The van der Waals surface area contributed by atoms with Gasteiger partial charge in [0.25, 0.3) is 0 Å². The Morgan fingerprint density at radius 3 is 2.26 bits per heavy atom. The molecule has 1 atom stereocenters. The number of sulfone groups is 1. The highest BCUT2D eigenvalue weighted by Gasteiger charge is 2.32. The number of methoxy groups -OCH3 is 2. The van der Waals surface area contributed by atoms with E-state index in [1.54, 1.807) is 19.1 Å². The summed E-state index contributed by atoms with van der Waals surface area (Å²) < 4.78 is 36.1. The third kappa shape index (κ3) is 4.00. The molecule has 0 bridgehead atoms. The Bertz CT molecular complexity index is 956. The number of nitro groups is 1. The van der Waals surface area contributed by atoms with Gasteiger partial charge >= 0.3 is 5.69 Å². The summed E-state index contributed by atoms with van der Waals surface area (Å²) in [5.41, 5.74) is 0.339. The summed E-state index contributed by atoms with van der Waals surface area (Å²) in [6.07, 6.45) is 0.221. The number of hydrogen-bond acceptors (Lipinski definition) is 7. The zero-order valence-electron chi connectivity index (χ0n) is 14.8. The summed E-state index contributed by atoms with van der Waals surface area (Å²) in [6, 6.07) is 8.34. The van der Waals surface area contributed by atoms with E-state index in [-0.39, 0.29) is 28.4 Å². The number of rotatable bonds is 8. The Labute approximate surface area is 156 Å². The highest BCUT2D eigenvalue weighted by Crippen LogP contribution is 2.41. The van der Waals surface area contributed by atoms with Crippen LogP contribution in [0, 0.1) is 17.0 Å². The smallest absolute Gasteiger partial charge is 0.315 e. The number of aryl methyl sites for hydroxylation is 1. The van der Waals surface area contributed by atoms with Gasteiger partial charge in [0.15, 0.2) is 11.1 Å². The minimum Gasteiger partial charge on any atom is -0.493 e. The second-order valence-corrected chi connectivity index (χ2v) is 7.59. The van der Waals surface area contributed by atoms with Gasteiger partial charge in [0.05, 0.1) is 24.0 Å². The average Bonchev–Trinajstić information content (AvgIpc) is 2.65. The monoisotopic (exact) mass is 394 g/mol. The highest BCUT2D eigenvalue weighted by atomic mass is 32.2. The van der Waals surface area contributed by atoms with Gasteiger partial charge in [0.2, 0.25) is 22.0 Å². The molecule has 0 fully saturated rings. The van der Waals surface area contributed by atoms with Gasteiger partial charge in [-0.05, 0) is 25.1 Å². The molecular formula is C17H18N2O7S. The molecule has 0 heterocycles. The van der Waals surface area contributed by atoms with Gasteiger partial charge in [-0.3, -0.25) is 14.9 Å². The lowest BCUT2D eigenvalue weighted by Gasteiger charge is -2.19. The van der Waals surface area contributed by atoms with Crippen LogP contribution in [-0.4, -0.2) is 34.0 Å². The van der Waals surface area contributed by atoms with E-state index in [9.17, 15) is 23.3 Å². The molecule has 27 heavy (non-hydrogen) atoms. The molecule has 0 aliphatic heterocycles. The van der Waals surface area contributed by atoms with E-state index in [0.29, 0.717) is 0 Å². The summed E-state index contributed by atoms with van der Waals surface area (Å²) in [7, 11) is -1.58. The molecule has 2 aromatic rings. The molecule has 1 amide bonds. The van der Waals surface area contributed by atoms with Crippen LogP contribution in [0.3, 0.4) is 0 Å². The van der Waals surface area contributed by atoms with E-state index in [1.807, 2.05) is 0 Å². The fourth-order valence-electron chi connectivity index (χ4n) is 2.54. The Morgan fingerprint density at radius 1 is 1.15 bits per heavy atom. The number of nitro benzene ring substituents is 1. The lowest BCUT2D eigenvalue weighted by molar-refractivity contribution is -0.385. The topological polar surface area (TPSA) is 125 Å².